The van der Waals surface area contributed by atoms with E-state index < -0.39 is 10.0 Å². The van der Waals surface area contributed by atoms with Crippen LogP contribution < -0.4 is 10.0 Å². The summed E-state index contributed by atoms with van der Waals surface area (Å²) in [6.07, 6.45) is 4.33. The van der Waals surface area contributed by atoms with Crippen LogP contribution in [-0.4, -0.2) is 58.8 Å². The zero-order chi connectivity index (χ0) is 14.3. The van der Waals surface area contributed by atoms with Crippen LogP contribution in [0.1, 0.15) is 26.2 Å². The average molecular weight is 290 g/mol. The van der Waals surface area contributed by atoms with Gasteiger partial charge in [0.25, 0.3) is 0 Å². The van der Waals surface area contributed by atoms with Crippen molar-refractivity contribution in [1.29, 1.82) is 0 Å². The third-order valence-corrected chi connectivity index (χ3v) is 4.02. The molecule has 0 aromatic rings. The summed E-state index contributed by atoms with van der Waals surface area (Å²) in [5.74, 6) is 1.72. The van der Waals surface area contributed by atoms with Crippen LogP contribution in [-0.2, 0) is 10.0 Å². The third-order valence-electron chi connectivity index (χ3n) is 3.30. The molecule has 6 nitrogen and oxygen atoms in total. The highest BCUT2D eigenvalue weighted by molar-refractivity contribution is 7.88. The number of hydrogen-bond donors (Lipinski definition) is 2. The molecule has 1 fully saturated rings. The lowest BCUT2D eigenvalue weighted by molar-refractivity contribution is 0.273. The smallest absolute Gasteiger partial charge is 0.208 e. The van der Waals surface area contributed by atoms with Gasteiger partial charge >= 0.3 is 0 Å². The number of sulfonamides is 1. The molecular formula is C12H26N4O2S. The molecule has 1 saturated heterocycles. The van der Waals surface area contributed by atoms with E-state index in [0.29, 0.717) is 6.54 Å². The summed E-state index contributed by atoms with van der Waals surface area (Å²) in [5, 5.41) is 3.28. The fraction of sp³-hybridized carbons (Fsp3) is 0.917. The van der Waals surface area contributed by atoms with Crippen molar-refractivity contribution < 1.29 is 8.42 Å². The molecule has 0 atom stereocenters. The maximum absolute atomic E-state index is 10.9. The van der Waals surface area contributed by atoms with E-state index in [1.165, 1.54) is 19.1 Å². The molecular weight excluding hydrogens is 264 g/mol. The number of aliphatic imine (C=N–C) groups is 1. The Balaban J connectivity index is 2.23. The number of likely N-dealkylation sites (tertiary alicyclic amines) is 1. The maximum Gasteiger partial charge on any atom is 0.208 e. The summed E-state index contributed by atoms with van der Waals surface area (Å²) < 4.78 is 24.3. The molecule has 0 spiro atoms. The molecule has 0 aromatic carbocycles. The summed E-state index contributed by atoms with van der Waals surface area (Å²) >= 11 is 0. The van der Waals surface area contributed by atoms with Crippen molar-refractivity contribution in [2.75, 3.05) is 39.5 Å². The molecule has 19 heavy (non-hydrogen) atoms. The molecule has 2 N–H and O–H groups in total. The van der Waals surface area contributed by atoms with Gasteiger partial charge < -0.3 is 10.2 Å². The molecule has 112 valence electrons. The van der Waals surface area contributed by atoms with Crippen molar-refractivity contribution in [2.45, 2.75) is 26.2 Å². The normalized spacial score (nSPS) is 18.7. The Labute approximate surface area is 116 Å². The van der Waals surface area contributed by atoms with E-state index in [4.69, 9.17) is 0 Å². The Morgan fingerprint density at radius 3 is 2.47 bits per heavy atom. The second-order valence-electron chi connectivity index (χ2n) is 5.16. The number of nitrogens with zero attached hydrogens (tertiary/aromatic N) is 2. The van der Waals surface area contributed by atoms with Gasteiger partial charge in [0.15, 0.2) is 5.96 Å². The summed E-state index contributed by atoms with van der Waals surface area (Å²) in [6, 6.07) is 0. The highest BCUT2D eigenvalue weighted by Crippen LogP contribution is 2.15. The zero-order valence-corrected chi connectivity index (χ0v) is 13.0. The van der Waals surface area contributed by atoms with Gasteiger partial charge in [0.05, 0.1) is 6.26 Å². The third kappa shape index (κ3) is 6.77. The molecule has 0 unspecified atom stereocenters. The van der Waals surface area contributed by atoms with Crippen LogP contribution in [0.3, 0.4) is 0 Å². The van der Waals surface area contributed by atoms with Crippen LogP contribution in [0, 0.1) is 5.92 Å². The number of hydrogen-bond acceptors (Lipinski definition) is 3. The molecule has 1 aliphatic heterocycles. The second kappa shape index (κ2) is 7.69. The number of rotatable bonds is 5. The minimum atomic E-state index is -3.08. The summed E-state index contributed by atoms with van der Waals surface area (Å²) in [7, 11) is -1.29. The fourth-order valence-electron chi connectivity index (χ4n) is 2.10. The highest BCUT2D eigenvalue weighted by Gasteiger charge is 2.18. The first-order valence-electron chi connectivity index (χ1n) is 6.82. The molecule has 1 aliphatic rings. The Hall–Kier alpha value is -0.820. The summed E-state index contributed by atoms with van der Waals surface area (Å²) in [5.41, 5.74) is 0. The first kappa shape index (κ1) is 16.2. The number of piperidine rings is 1. The minimum Gasteiger partial charge on any atom is -0.356 e. The Morgan fingerprint density at radius 2 is 1.95 bits per heavy atom. The molecule has 0 radical (unpaired) electrons. The Kier molecular flexibility index (Phi) is 6.57. The lowest BCUT2D eigenvalue weighted by Gasteiger charge is -2.32. The first-order valence-corrected chi connectivity index (χ1v) is 8.71. The van der Waals surface area contributed by atoms with E-state index >= 15 is 0 Å². The standard InChI is InChI=1S/C12H26N4O2S/c1-11-5-9-16(10-6-11)12(13-2)14-7-4-8-15-19(3,17)18/h11,15H,4-10H2,1-3H3,(H,13,14). The molecule has 0 saturated carbocycles. The Bertz CT molecular complexity index is 387. The maximum atomic E-state index is 10.9. The van der Waals surface area contributed by atoms with Gasteiger partial charge in [-0.15, -0.1) is 0 Å². The molecule has 7 heteroatoms. The van der Waals surface area contributed by atoms with Crippen LogP contribution >= 0.6 is 0 Å². The van der Waals surface area contributed by atoms with E-state index in [-0.39, 0.29) is 0 Å². The quantitative estimate of drug-likeness (QED) is 0.432. The predicted octanol–water partition coefficient (Wildman–Crippen LogP) is 0.233. The largest absolute Gasteiger partial charge is 0.356 e. The van der Waals surface area contributed by atoms with Gasteiger partial charge in [-0.3, -0.25) is 4.99 Å². The van der Waals surface area contributed by atoms with Gasteiger partial charge in [-0.2, -0.15) is 0 Å². The lowest BCUT2D eigenvalue weighted by atomic mass is 10.00. The fourth-order valence-corrected chi connectivity index (χ4v) is 2.61. The van der Waals surface area contributed by atoms with Crippen molar-refractivity contribution in [3.8, 4) is 0 Å². The van der Waals surface area contributed by atoms with Crippen LogP contribution in [0.5, 0.6) is 0 Å². The molecule has 0 aliphatic carbocycles. The van der Waals surface area contributed by atoms with Gasteiger partial charge in [0.2, 0.25) is 10.0 Å². The molecule has 0 bridgehead atoms. The van der Waals surface area contributed by atoms with Gasteiger partial charge in [-0.25, -0.2) is 13.1 Å². The van der Waals surface area contributed by atoms with E-state index in [9.17, 15) is 8.42 Å². The van der Waals surface area contributed by atoms with Gasteiger partial charge in [0.1, 0.15) is 0 Å². The molecule has 0 amide bonds. The van der Waals surface area contributed by atoms with Crippen LogP contribution in [0.4, 0.5) is 0 Å². The summed E-state index contributed by atoms with van der Waals surface area (Å²) in [4.78, 5) is 6.54. The molecule has 0 aromatic heterocycles. The summed E-state index contributed by atoms with van der Waals surface area (Å²) in [6.45, 7) is 5.55. The topological polar surface area (TPSA) is 73.8 Å². The van der Waals surface area contributed by atoms with Crippen LogP contribution in [0.25, 0.3) is 0 Å². The van der Waals surface area contributed by atoms with Crippen LogP contribution in [0.2, 0.25) is 0 Å². The SMILES string of the molecule is CN=C(NCCCNS(C)(=O)=O)N1CCC(C)CC1. The van der Waals surface area contributed by atoms with Crippen molar-refractivity contribution in [3.05, 3.63) is 0 Å². The highest BCUT2D eigenvalue weighted by atomic mass is 32.2. The second-order valence-corrected chi connectivity index (χ2v) is 7.00. The van der Waals surface area contributed by atoms with Crippen LogP contribution in [0.15, 0.2) is 4.99 Å². The van der Waals surface area contributed by atoms with Crippen molar-refractivity contribution in [1.82, 2.24) is 14.9 Å². The van der Waals surface area contributed by atoms with E-state index in [1.54, 1.807) is 7.05 Å². The number of nitrogens with one attached hydrogen (secondary N) is 2. The van der Waals surface area contributed by atoms with Gasteiger partial charge in [0, 0.05) is 33.2 Å². The average Bonchev–Trinajstić information content (AvgIpc) is 2.34. The van der Waals surface area contributed by atoms with Gasteiger partial charge in [-0.05, 0) is 25.2 Å². The zero-order valence-electron chi connectivity index (χ0n) is 12.1. The Morgan fingerprint density at radius 1 is 1.32 bits per heavy atom. The van der Waals surface area contributed by atoms with E-state index in [0.717, 1.165) is 37.9 Å². The minimum absolute atomic E-state index is 0.458. The van der Waals surface area contributed by atoms with Crippen molar-refractivity contribution in [3.63, 3.8) is 0 Å². The predicted molar refractivity (Wildman–Crippen MR) is 78.8 cm³/mol. The number of guanidine groups is 1. The first-order chi connectivity index (χ1) is 8.92. The lowest BCUT2D eigenvalue weighted by Crippen LogP contribution is -2.45. The monoisotopic (exact) mass is 290 g/mol. The van der Waals surface area contributed by atoms with Crippen molar-refractivity contribution >= 4 is 16.0 Å². The molecule has 1 heterocycles. The van der Waals surface area contributed by atoms with Gasteiger partial charge in [-0.1, -0.05) is 6.92 Å². The van der Waals surface area contributed by atoms with E-state index in [2.05, 4.69) is 26.9 Å². The van der Waals surface area contributed by atoms with Crippen molar-refractivity contribution in [2.24, 2.45) is 10.9 Å². The van der Waals surface area contributed by atoms with E-state index in [1.807, 2.05) is 0 Å². The molecule has 1 rings (SSSR count).